The van der Waals surface area contributed by atoms with E-state index in [-0.39, 0.29) is 18.2 Å². The molecule has 0 radical (unpaired) electrons. The Labute approximate surface area is 196 Å². The molecule has 1 heterocycles. The van der Waals surface area contributed by atoms with Crippen LogP contribution in [-0.4, -0.2) is 63.0 Å². The summed E-state index contributed by atoms with van der Waals surface area (Å²) in [5, 5.41) is 6.08. The van der Waals surface area contributed by atoms with Gasteiger partial charge in [-0.3, -0.25) is 9.59 Å². The Kier molecular flexibility index (Phi) is 8.17. The van der Waals surface area contributed by atoms with E-state index < -0.39 is 0 Å². The van der Waals surface area contributed by atoms with Gasteiger partial charge in [0.25, 0.3) is 5.91 Å². The zero-order chi connectivity index (χ0) is 23.4. The lowest BCUT2D eigenvalue weighted by atomic mass is 9.89. The normalized spacial score (nSPS) is 21.6. The van der Waals surface area contributed by atoms with E-state index in [2.05, 4.69) is 36.1 Å². The van der Waals surface area contributed by atoms with Crippen LogP contribution in [-0.2, 0) is 9.53 Å². The summed E-state index contributed by atoms with van der Waals surface area (Å²) in [4.78, 5) is 30.2. The van der Waals surface area contributed by atoms with Crippen molar-refractivity contribution in [2.75, 3.05) is 39.2 Å². The monoisotopic (exact) mass is 459 g/mol. The SMILES string of the molecule is CCN(c1scc(C(=O)NCC2=C(OC)C=C(C)CC2=O)c1C)C1CCC(N(C)C)CC1. The number of hydrogen-bond acceptors (Lipinski definition) is 6. The number of methoxy groups -OCH3 is 1. The highest BCUT2D eigenvalue weighted by Gasteiger charge is 2.29. The second kappa shape index (κ2) is 10.7. The molecule has 0 aliphatic heterocycles. The highest BCUT2D eigenvalue weighted by molar-refractivity contribution is 7.14. The van der Waals surface area contributed by atoms with Gasteiger partial charge in [-0.1, -0.05) is 5.57 Å². The Morgan fingerprint density at radius 2 is 1.84 bits per heavy atom. The topological polar surface area (TPSA) is 61.9 Å². The molecule has 1 saturated carbocycles. The van der Waals surface area contributed by atoms with Gasteiger partial charge >= 0.3 is 0 Å². The summed E-state index contributed by atoms with van der Waals surface area (Å²) in [6, 6.07) is 1.19. The number of carbonyl (C=O) groups is 2. The first kappa shape index (κ1) is 24.5. The molecule has 1 aromatic rings. The average Bonchev–Trinajstić information content (AvgIpc) is 3.14. The van der Waals surface area contributed by atoms with Crippen molar-refractivity contribution < 1.29 is 14.3 Å². The maximum Gasteiger partial charge on any atom is 0.252 e. The summed E-state index contributed by atoms with van der Waals surface area (Å²) >= 11 is 1.65. The molecule has 7 heteroatoms. The Morgan fingerprint density at radius 1 is 1.19 bits per heavy atom. The van der Waals surface area contributed by atoms with Crippen molar-refractivity contribution in [1.82, 2.24) is 10.2 Å². The number of ether oxygens (including phenoxy) is 1. The van der Waals surface area contributed by atoms with Crippen molar-refractivity contribution in [1.29, 1.82) is 0 Å². The fraction of sp³-hybridized carbons (Fsp3) is 0.600. The number of anilines is 1. The highest BCUT2D eigenvalue weighted by Crippen LogP contribution is 2.36. The number of thiophene rings is 1. The third-order valence-electron chi connectivity index (χ3n) is 6.79. The summed E-state index contributed by atoms with van der Waals surface area (Å²) < 4.78 is 5.37. The number of nitrogens with one attached hydrogen (secondary N) is 1. The van der Waals surface area contributed by atoms with Crippen LogP contribution >= 0.6 is 11.3 Å². The molecular weight excluding hydrogens is 422 g/mol. The molecule has 176 valence electrons. The van der Waals surface area contributed by atoms with Crippen molar-refractivity contribution in [3.05, 3.63) is 39.5 Å². The molecule has 0 saturated heterocycles. The van der Waals surface area contributed by atoms with Crippen molar-refractivity contribution in [2.24, 2.45) is 0 Å². The van der Waals surface area contributed by atoms with Crippen molar-refractivity contribution in [2.45, 2.75) is 65.0 Å². The summed E-state index contributed by atoms with van der Waals surface area (Å²) in [5.74, 6) is 0.419. The summed E-state index contributed by atoms with van der Waals surface area (Å²) in [7, 11) is 5.89. The molecule has 6 nitrogen and oxygen atoms in total. The number of nitrogens with zero attached hydrogens (tertiary/aromatic N) is 2. The van der Waals surface area contributed by atoms with Crippen molar-refractivity contribution in [3.63, 3.8) is 0 Å². The van der Waals surface area contributed by atoms with Crippen molar-refractivity contribution in [3.8, 4) is 0 Å². The van der Waals surface area contributed by atoms with Gasteiger partial charge in [-0.2, -0.15) is 0 Å². The van der Waals surface area contributed by atoms with Crippen LogP contribution in [0.25, 0.3) is 0 Å². The van der Waals surface area contributed by atoms with Gasteiger partial charge in [0.1, 0.15) is 5.76 Å². The van der Waals surface area contributed by atoms with Gasteiger partial charge in [-0.05, 0) is 72.2 Å². The van der Waals surface area contributed by atoms with Crippen LogP contribution in [0.5, 0.6) is 0 Å². The number of rotatable bonds is 8. The number of amides is 1. The van der Waals surface area contributed by atoms with E-state index in [1.54, 1.807) is 18.4 Å². The molecule has 2 aliphatic rings. The minimum atomic E-state index is -0.139. The fourth-order valence-corrected chi connectivity index (χ4v) is 6.07. The lowest BCUT2D eigenvalue weighted by Gasteiger charge is -2.39. The smallest absolute Gasteiger partial charge is 0.252 e. The molecular formula is C25H37N3O3S. The molecule has 1 fully saturated rings. The van der Waals surface area contributed by atoms with Crippen LogP contribution in [0, 0.1) is 6.92 Å². The van der Waals surface area contributed by atoms with Gasteiger partial charge in [0.05, 0.1) is 29.8 Å². The second-order valence-electron chi connectivity index (χ2n) is 9.11. The fourth-order valence-electron chi connectivity index (χ4n) is 4.86. The summed E-state index contributed by atoms with van der Waals surface area (Å²) in [5.41, 5.74) is 3.22. The molecule has 2 aliphatic carbocycles. The molecule has 0 aromatic carbocycles. The largest absolute Gasteiger partial charge is 0.496 e. The van der Waals surface area contributed by atoms with Crippen LogP contribution in [0.3, 0.4) is 0 Å². The van der Waals surface area contributed by atoms with Gasteiger partial charge in [-0.15, -0.1) is 11.3 Å². The Morgan fingerprint density at radius 3 is 2.44 bits per heavy atom. The van der Waals surface area contributed by atoms with E-state index in [0.717, 1.165) is 17.7 Å². The lowest BCUT2D eigenvalue weighted by Crippen LogP contribution is -2.42. The van der Waals surface area contributed by atoms with Crippen LogP contribution in [0.15, 0.2) is 28.4 Å². The number of ketones is 1. The highest BCUT2D eigenvalue weighted by atomic mass is 32.1. The number of hydrogen-bond donors (Lipinski definition) is 1. The Hall–Kier alpha value is -2.12. The standard InChI is InChI=1S/C25H37N3O3S/c1-7-28(19-10-8-18(9-11-19)27(4)5)25-17(3)21(15-32-25)24(30)26-14-20-22(29)12-16(2)13-23(20)31-6/h13,15,18-19H,7-12,14H2,1-6H3,(H,26,30). The van der Waals surface area contributed by atoms with Gasteiger partial charge in [0.2, 0.25) is 0 Å². The minimum absolute atomic E-state index is 0.00960. The molecule has 0 atom stereocenters. The molecule has 0 spiro atoms. The molecule has 1 aromatic heterocycles. The van der Waals surface area contributed by atoms with Gasteiger partial charge in [0, 0.05) is 30.4 Å². The molecule has 0 bridgehead atoms. The van der Waals surface area contributed by atoms with E-state index in [0.29, 0.717) is 35.4 Å². The molecule has 3 rings (SSSR count). The first-order valence-corrected chi connectivity index (χ1v) is 12.4. The quantitative estimate of drug-likeness (QED) is 0.628. The first-order chi connectivity index (χ1) is 15.3. The predicted octanol–water partition coefficient (Wildman–Crippen LogP) is 4.31. The van der Waals surface area contributed by atoms with Gasteiger partial charge in [-0.25, -0.2) is 0 Å². The third kappa shape index (κ3) is 5.26. The van der Waals surface area contributed by atoms with Crippen LogP contribution in [0.2, 0.25) is 0 Å². The van der Waals surface area contributed by atoms with Crippen LogP contribution in [0.1, 0.15) is 61.9 Å². The zero-order valence-electron chi connectivity index (χ0n) is 20.3. The third-order valence-corrected chi connectivity index (χ3v) is 7.91. The van der Waals surface area contributed by atoms with E-state index in [1.807, 2.05) is 25.3 Å². The maximum absolute atomic E-state index is 13.0. The molecule has 1 amide bonds. The second-order valence-corrected chi connectivity index (χ2v) is 9.97. The number of carbonyl (C=O) groups excluding carboxylic acids is 2. The molecule has 0 unspecified atom stereocenters. The van der Waals surface area contributed by atoms with E-state index >= 15 is 0 Å². The molecule has 1 N–H and O–H groups in total. The van der Waals surface area contributed by atoms with Crippen molar-refractivity contribution >= 4 is 28.0 Å². The predicted molar refractivity (Wildman–Crippen MR) is 132 cm³/mol. The Bertz CT molecular complexity index is 908. The minimum Gasteiger partial charge on any atom is -0.496 e. The average molecular weight is 460 g/mol. The van der Waals surface area contributed by atoms with E-state index in [9.17, 15) is 9.59 Å². The van der Waals surface area contributed by atoms with Gasteiger partial charge in [0.15, 0.2) is 5.78 Å². The Balaban J connectivity index is 1.69. The van der Waals surface area contributed by atoms with Gasteiger partial charge < -0.3 is 19.9 Å². The number of Topliss-reactive ketones (excluding diaryl/α,β-unsaturated/α-hetero) is 1. The maximum atomic E-state index is 13.0. The first-order valence-electron chi connectivity index (χ1n) is 11.5. The zero-order valence-corrected chi connectivity index (χ0v) is 21.1. The van der Waals surface area contributed by atoms with E-state index in [4.69, 9.17) is 4.74 Å². The van der Waals surface area contributed by atoms with E-state index in [1.165, 1.54) is 30.7 Å². The summed E-state index contributed by atoms with van der Waals surface area (Å²) in [6.45, 7) is 7.26. The van der Waals surface area contributed by atoms with Crippen LogP contribution < -0.4 is 10.2 Å². The molecule has 32 heavy (non-hydrogen) atoms. The lowest BCUT2D eigenvalue weighted by molar-refractivity contribution is -0.115. The summed E-state index contributed by atoms with van der Waals surface area (Å²) in [6.07, 6.45) is 7.04. The number of allylic oxidation sites excluding steroid dienone is 2. The van der Waals surface area contributed by atoms with Crippen LogP contribution in [0.4, 0.5) is 5.00 Å².